The first-order valence-electron chi connectivity index (χ1n) is 6.46. The maximum absolute atomic E-state index is 3.79. The van der Waals surface area contributed by atoms with Crippen LogP contribution in [0.25, 0.3) is 0 Å². The van der Waals surface area contributed by atoms with Gasteiger partial charge in [0.05, 0.1) is 0 Å². The molecule has 14 heavy (non-hydrogen) atoms. The van der Waals surface area contributed by atoms with Crippen molar-refractivity contribution >= 4 is 0 Å². The summed E-state index contributed by atoms with van der Waals surface area (Å²) in [6, 6.07) is 1.48. The van der Waals surface area contributed by atoms with Gasteiger partial charge in [0.1, 0.15) is 0 Å². The summed E-state index contributed by atoms with van der Waals surface area (Å²) in [4.78, 5) is 0. The van der Waals surface area contributed by atoms with Crippen molar-refractivity contribution in [2.24, 2.45) is 5.92 Å². The molecule has 84 valence electrons. The monoisotopic (exact) mass is 197 g/mol. The Morgan fingerprint density at radius 2 is 1.36 bits per heavy atom. The minimum atomic E-state index is 0.680. The second-order valence-electron chi connectivity index (χ2n) is 5.24. The molecule has 1 N–H and O–H groups in total. The maximum atomic E-state index is 3.79. The predicted octanol–water partition coefficient (Wildman–Crippen LogP) is 3.73. The van der Waals surface area contributed by atoms with Gasteiger partial charge >= 0.3 is 0 Å². The molecular weight excluding hydrogens is 170 g/mol. The zero-order valence-corrected chi connectivity index (χ0v) is 10.2. The van der Waals surface area contributed by atoms with E-state index in [9.17, 15) is 0 Å². The predicted molar refractivity (Wildman–Crippen MR) is 63.5 cm³/mol. The highest BCUT2D eigenvalue weighted by molar-refractivity contribution is 4.74. The molecule has 1 aliphatic carbocycles. The average Bonchev–Trinajstić information content (AvgIpc) is 2.08. The van der Waals surface area contributed by atoms with Crippen LogP contribution in [0.1, 0.15) is 65.7 Å². The van der Waals surface area contributed by atoms with Gasteiger partial charge in [-0.15, -0.1) is 0 Å². The van der Waals surface area contributed by atoms with E-state index in [1.165, 1.54) is 44.9 Å². The molecule has 0 aromatic rings. The minimum Gasteiger partial charge on any atom is -0.311 e. The molecule has 0 bridgehead atoms. The van der Waals surface area contributed by atoms with E-state index in [1.54, 1.807) is 0 Å². The molecule has 0 aliphatic heterocycles. The highest BCUT2D eigenvalue weighted by atomic mass is 14.9. The Morgan fingerprint density at radius 3 is 1.86 bits per heavy atom. The van der Waals surface area contributed by atoms with Gasteiger partial charge in [0, 0.05) is 12.1 Å². The van der Waals surface area contributed by atoms with E-state index in [-0.39, 0.29) is 0 Å². The number of nitrogens with one attached hydrogen (secondary N) is 1. The molecule has 1 atom stereocenters. The van der Waals surface area contributed by atoms with Gasteiger partial charge in [0.25, 0.3) is 0 Å². The van der Waals surface area contributed by atoms with Crippen molar-refractivity contribution in [2.45, 2.75) is 77.8 Å². The smallest absolute Gasteiger partial charge is 0.00696 e. The molecule has 0 aromatic carbocycles. The third kappa shape index (κ3) is 4.45. The highest BCUT2D eigenvalue weighted by Crippen LogP contribution is 2.18. The lowest BCUT2D eigenvalue weighted by Gasteiger charge is -2.27. The molecule has 0 radical (unpaired) electrons. The van der Waals surface area contributed by atoms with E-state index < -0.39 is 0 Å². The van der Waals surface area contributed by atoms with Crippen LogP contribution in [0, 0.1) is 5.92 Å². The topological polar surface area (TPSA) is 12.0 Å². The number of rotatable bonds is 3. The van der Waals surface area contributed by atoms with E-state index in [0.717, 1.165) is 12.0 Å². The fourth-order valence-corrected chi connectivity index (χ4v) is 2.19. The first-order valence-corrected chi connectivity index (χ1v) is 6.46. The maximum Gasteiger partial charge on any atom is 0.00696 e. The second kappa shape index (κ2) is 6.44. The fourth-order valence-electron chi connectivity index (χ4n) is 2.19. The van der Waals surface area contributed by atoms with Gasteiger partial charge in [-0.1, -0.05) is 46.0 Å². The van der Waals surface area contributed by atoms with Crippen LogP contribution in [0.5, 0.6) is 0 Å². The largest absolute Gasteiger partial charge is 0.311 e. The van der Waals surface area contributed by atoms with E-state index in [1.807, 2.05) is 0 Å². The SMILES string of the molecule is CC(C)[C@H](C)NC1CCCCCCC1. The molecule has 1 aliphatic rings. The van der Waals surface area contributed by atoms with Crippen LogP contribution in [-0.2, 0) is 0 Å². The number of hydrogen-bond acceptors (Lipinski definition) is 1. The second-order valence-corrected chi connectivity index (χ2v) is 5.24. The molecule has 1 nitrogen and oxygen atoms in total. The molecule has 1 fully saturated rings. The summed E-state index contributed by atoms with van der Waals surface area (Å²) in [6.07, 6.45) is 10.0. The molecular formula is C13H27N. The molecule has 0 amide bonds. The summed E-state index contributed by atoms with van der Waals surface area (Å²) >= 11 is 0. The first kappa shape index (κ1) is 12.0. The highest BCUT2D eigenvalue weighted by Gasteiger charge is 2.15. The number of hydrogen-bond donors (Lipinski definition) is 1. The summed E-state index contributed by atoms with van der Waals surface area (Å²) in [7, 11) is 0. The lowest BCUT2D eigenvalue weighted by molar-refractivity contribution is 0.322. The van der Waals surface area contributed by atoms with Gasteiger partial charge in [-0.3, -0.25) is 0 Å². The van der Waals surface area contributed by atoms with Crippen molar-refractivity contribution in [1.82, 2.24) is 5.32 Å². The average molecular weight is 197 g/mol. The van der Waals surface area contributed by atoms with Gasteiger partial charge in [0.15, 0.2) is 0 Å². The zero-order valence-electron chi connectivity index (χ0n) is 10.2. The van der Waals surface area contributed by atoms with Crippen LogP contribution in [0.3, 0.4) is 0 Å². The van der Waals surface area contributed by atoms with E-state index in [2.05, 4.69) is 26.1 Å². The Labute approximate surface area is 89.7 Å². The van der Waals surface area contributed by atoms with Crippen molar-refractivity contribution in [2.75, 3.05) is 0 Å². The zero-order chi connectivity index (χ0) is 10.4. The van der Waals surface area contributed by atoms with Crippen molar-refractivity contribution in [3.63, 3.8) is 0 Å². The summed E-state index contributed by atoms with van der Waals surface area (Å²) in [5.74, 6) is 0.764. The Kier molecular flexibility index (Phi) is 5.54. The van der Waals surface area contributed by atoms with Crippen LogP contribution in [0.2, 0.25) is 0 Å². The fraction of sp³-hybridized carbons (Fsp3) is 1.00. The van der Waals surface area contributed by atoms with Crippen LogP contribution in [0.4, 0.5) is 0 Å². The molecule has 0 aromatic heterocycles. The van der Waals surface area contributed by atoms with E-state index in [4.69, 9.17) is 0 Å². The molecule has 0 unspecified atom stereocenters. The van der Waals surface area contributed by atoms with Crippen LogP contribution in [-0.4, -0.2) is 12.1 Å². The summed E-state index contributed by atoms with van der Waals surface area (Å²) < 4.78 is 0. The standard InChI is InChI=1S/C13H27N/c1-11(2)12(3)14-13-9-7-5-4-6-8-10-13/h11-14H,4-10H2,1-3H3/t12-/m0/s1. The lowest BCUT2D eigenvalue weighted by Crippen LogP contribution is -2.39. The summed E-state index contributed by atoms with van der Waals surface area (Å²) in [6.45, 7) is 6.94. The van der Waals surface area contributed by atoms with Gasteiger partial charge in [-0.25, -0.2) is 0 Å². The van der Waals surface area contributed by atoms with Gasteiger partial charge in [-0.2, -0.15) is 0 Å². The normalized spacial score (nSPS) is 23.1. The van der Waals surface area contributed by atoms with Crippen LogP contribution < -0.4 is 5.32 Å². The van der Waals surface area contributed by atoms with E-state index >= 15 is 0 Å². The Morgan fingerprint density at radius 1 is 0.857 bits per heavy atom. The van der Waals surface area contributed by atoms with Crippen molar-refractivity contribution in [1.29, 1.82) is 0 Å². The molecule has 0 saturated heterocycles. The first-order chi connectivity index (χ1) is 6.70. The van der Waals surface area contributed by atoms with Crippen molar-refractivity contribution in [3.8, 4) is 0 Å². The molecule has 0 heterocycles. The van der Waals surface area contributed by atoms with Crippen molar-refractivity contribution < 1.29 is 0 Å². The Hall–Kier alpha value is -0.0400. The summed E-state index contributed by atoms with van der Waals surface area (Å²) in [5, 5.41) is 3.79. The Balaban J connectivity index is 2.26. The molecule has 0 spiro atoms. The van der Waals surface area contributed by atoms with Gasteiger partial charge in [-0.05, 0) is 25.7 Å². The molecule has 1 rings (SSSR count). The van der Waals surface area contributed by atoms with Gasteiger partial charge < -0.3 is 5.32 Å². The van der Waals surface area contributed by atoms with Crippen LogP contribution in [0.15, 0.2) is 0 Å². The Bertz CT molecular complexity index is 134. The molecule has 1 saturated carbocycles. The van der Waals surface area contributed by atoms with Crippen LogP contribution >= 0.6 is 0 Å². The van der Waals surface area contributed by atoms with Gasteiger partial charge in [0.2, 0.25) is 0 Å². The van der Waals surface area contributed by atoms with E-state index in [0.29, 0.717) is 6.04 Å². The third-order valence-corrected chi connectivity index (χ3v) is 3.60. The minimum absolute atomic E-state index is 0.680. The summed E-state index contributed by atoms with van der Waals surface area (Å²) in [5.41, 5.74) is 0. The third-order valence-electron chi connectivity index (χ3n) is 3.60. The molecule has 1 heteroatoms. The lowest BCUT2D eigenvalue weighted by atomic mass is 9.95. The quantitative estimate of drug-likeness (QED) is 0.727. The van der Waals surface area contributed by atoms with Crippen molar-refractivity contribution in [3.05, 3.63) is 0 Å².